The Labute approximate surface area is 107 Å². The molecule has 0 amide bonds. The van der Waals surface area contributed by atoms with Crippen molar-refractivity contribution >= 4 is 6.47 Å². The van der Waals surface area contributed by atoms with Gasteiger partial charge in [-0.15, -0.1) is 0 Å². The molecule has 1 fully saturated rings. The summed E-state index contributed by atoms with van der Waals surface area (Å²) in [6.07, 6.45) is 0.960. The first kappa shape index (κ1) is 16.8. The van der Waals surface area contributed by atoms with E-state index in [9.17, 15) is 20.0 Å². The summed E-state index contributed by atoms with van der Waals surface area (Å²) in [7, 11) is 0. The van der Waals surface area contributed by atoms with Gasteiger partial charge in [-0.2, -0.15) is 0 Å². The molecule has 0 unspecified atom stereocenters. The fourth-order valence-electron chi connectivity index (χ4n) is 1.43. The van der Waals surface area contributed by atoms with Crippen LogP contribution in [0.15, 0.2) is 0 Å². The molecule has 1 saturated heterocycles. The molecule has 1 aliphatic rings. The monoisotopic (exact) mass is 262 g/mol. The summed E-state index contributed by atoms with van der Waals surface area (Å²) >= 11 is 0. The van der Waals surface area contributed by atoms with E-state index < -0.39 is 10.5 Å². The zero-order valence-electron chi connectivity index (χ0n) is 11.1. The molecule has 0 saturated carbocycles. The van der Waals surface area contributed by atoms with E-state index in [1.54, 1.807) is 0 Å². The summed E-state index contributed by atoms with van der Waals surface area (Å²) in [5.74, 6) is 0. The van der Waals surface area contributed by atoms with Crippen LogP contribution in [-0.4, -0.2) is 47.3 Å². The van der Waals surface area contributed by atoms with Crippen molar-refractivity contribution < 1.29 is 19.6 Å². The van der Waals surface area contributed by atoms with Gasteiger partial charge >= 0.3 is 0 Å². The highest BCUT2D eigenvalue weighted by Gasteiger charge is 2.34. The summed E-state index contributed by atoms with van der Waals surface area (Å²) in [4.78, 5) is 19.2. The van der Waals surface area contributed by atoms with Crippen molar-refractivity contribution in [1.29, 1.82) is 0 Å². The lowest BCUT2D eigenvalue weighted by Gasteiger charge is -2.28. The molecule has 1 rings (SSSR count). The number of ether oxygens (including phenoxy) is 1. The largest absolute Gasteiger partial charge is 0.462 e. The van der Waals surface area contributed by atoms with Crippen LogP contribution in [0.5, 0.6) is 0 Å². The number of nitrogens with one attached hydrogen (secondary N) is 1. The molecule has 7 nitrogen and oxygen atoms in total. The number of hydrogen-bond donors (Lipinski definition) is 2. The topological polar surface area (TPSA) is 102 Å². The second-order valence-electron chi connectivity index (χ2n) is 5.29. The van der Waals surface area contributed by atoms with Crippen LogP contribution in [0, 0.1) is 10.1 Å². The van der Waals surface area contributed by atoms with E-state index in [4.69, 9.17) is 0 Å². The molecule has 1 heterocycles. The molecule has 0 aromatic carbocycles. The van der Waals surface area contributed by atoms with Crippen LogP contribution in [0.1, 0.15) is 33.6 Å². The van der Waals surface area contributed by atoms with E-state index in [-0.39, 0.29) is 12.1 Å². The molecule has 18 heavy (non-hydrogen) atoms. The number of piperidine rings is 1. The minimum Gasteiger partial charge on any atom is -0.462 e. The molecule has 0 aliphatic carbocycles. The van der Waals surface area contributed by atoms with Gasteiger partial charge in [0.25, 0.3) is 6.47 Å². The van der Waals surface area contributed by atoms with Gasteiger partial charge in [-0.1, -0.05) is 0 Å². The van der Waals surface area contributed by atoms with E-state index in [1.165, 1.54) is 0 Å². The lowest BCUT2D eigenvalue weighted by Crippen LogP contribution is -2.46. The minimum atomic E-state index is -1.06. The molecule has 0 bridgehead atoms. The number of nitrogens with zero attached hydrogens (tertiary/aromatic N) is 1. The number of carbonyl (C=O) groups is 1. The van der Waals surface area contributed by atoms with Crippen molar-refractivity contribution in [2.45, 2.75) is 44.8 Å². The molecule has 0 radical (unpaired) electrons. The molecule has 106 valence electrons. The number of hydrogen-bond acceptors (Lipinski definition) is 6. The summed E-state index contributed by atoms with van der Waals surface area (Å²) in [6.45, 7) is 6.94. The zero-order chi connectivity index (χ0) is 14.2. The Morgan fingerprint density at radius 1 is 1.44 bits per heavy atom. The molecule has 7 heteroatoms. The Bertz CT molecular complexity index is 269. The van der Waals surface area contributed by atoms with E-state index in [2.05, 4.69) is 10.1 Å². The number of aliphatic hydroxyl groups is 1. The van der Waals surface area contributed by atoms with Crippen molar-refractivity contribution in [3.63, 3.8) is 0 Å². The minimum absolute atomic E-state index is 0.318. The average Bonchev–Trinajstić information content (AvgIpc) is 2.15. The van der Waals surface area contributed by atoms with E-state index in [0.717, 1.165) is 0 Å². The van der Waals surface area contributed by atoms with Crippen LogP contribution in [-0.2, 0) is 9.53 Å². The molecule has 0 aromatic rings. The highest BCUT2D eigenvalue weighted by molar-refractivity contribution is 5.37. The molecular formula is C11H22N2O5. The van der Waals surface area contributed by atoms with Crippen LogP contribution >= 0.6 is 0 Å². The molecule has 0 atom stereocenters. The SMILES string of the molecule is CC(C)(C)OC=O.O=[N+]([O-])CC1(O)CCNCC1. The smallest absolute Gasteiger partial charge is 0.293 e. The Morgan fingerprint density at radius 2 is 1.94 bits per heavy atom. The van der Waals surface area contributed by atoms with Crippen molar-refractivity contribution in [2.75, 3.05) is 19.6 Å². The Hall–Kier alpha value is -1.21. The third kappa shape index (κ3) is 8.89. The van der Waals surface area contributed by atoms with Gasteiger partial charge < -0.3 is 15.2 Å². The molecule has 0 spiro atoms. The summed E-state index contributed by atoms with van der Waals surface area (Å²) in [5, 5.41) is 22.7. The summed E-state index contributed by atoms with van der Waals surface area (Å²) < 4.78 is 4.55. The Balaban J connectivity index is 0.000000360. The Kier molecular flexibility index (Phi) is 6.79. The third-order valence-corrected chi connectivity index (χ3v) is 2.36. The van der Waals surface area contributed by atoms with Crippen molar-refractivity contribution in [3.8, 4) is 0 Å². The molecule has 0 aromatic heterocycles. The maximum atomic E-state index is 10.1. The maximum absolute atomic E-state index is 10.1. The normalized spacial score (nSPS) is 18.2. The van der Waals surface area contributed by atoms with Crippen LogP contribution in [0.2, 0.25) is 0 Å². The third-order valence-electron chi connectivity index (χ3n) is 2.36. The summed E-state index contributed by atoms with van der Waals surface area (Å²) in [5.41, 5.74) is -1.38. The van der Waals surface area contributed by atoms with Gasteiger partial charge in [0.15, 0.2) is 0 Å². The van der Waals surface area contributed by atoms with Gasteiger partial charge in [-0.05, 0) is 46.7 Å². The molecular weight excluding hydrogens is 240 g/mol. The van der Waals surface area contributed by atoms with Crippen LogP contribution in [0.25, 0.3) is 0 Å². The van der Waals surface area contributed by atoms with Crippen molar-refractivity contribution in [3.05, 3.63) is 10.1 Å². The highest BCUT2D eigenvalue weighted by atomic mass is 16.6. The second-order valence-corrected chi connectivity index (χ2v) is 5.29. The lowest BCUT2D eigenvalue weighted by atomic mass is 9.93. The van der Waals surface area contributed by atoms with Gasteiger partial charge in [-0.25, -0.2) is 0 Å². The zero-order valence-corrected chi connectivity index (χ0v) is 11.1. The fraction of sp³-hybridized carbons (Fsp3) is 0.909. The van der Waals surface area contributed by atoms with Crippen molar-refractivity contribution in [2.24, 2.45) is 0 Å². The van der Waals surface area contributed by atoms with E-state index >= 15 is 0 Å². The van der Waals surface area contributed by atoms with Gasteiger partial charge in [0, 0.05) is 4.92 Å². The number of carbonyl (C=O) groups excluding carboxylic acids is 1. The van der Waals surface area contributed by atoms with Crippen LogP contribution in [0.4, 0.5) is 0 Å². The lowest BCUT2D eigenvalue weighted by molar-refractivity contribution is -0.501. The fourth-order valence-corrected chi connectivity index (χ4v) is 1.43. The quantitative estimate of drug-likeness (QED) is 0.432. The van der Waals surface area contributed by atoms with Gasteiger partial charge in [0.1, 0.15) is 11.2 Å². The van der Waals surface area contributed by atoms with Crippen LogP contribution in [0.3, 0.4) is 0 Å². The maximum Gasteiger partial charge on any atom is 0.293 e. The highest BCUT2D eigenvalue weighted by Crippen LogP contribution is 2.17. The number of rotatable bonds is 3. The van der Waals surface area contributed by atoms with E-state index in [1.807, 2.05) is 20.8 Å². The molecule has 1 aliphatic heterocycles. The predicted octanol–water partition coefficient (Wildman–Crippen LogP) is 0.335. The second kappa shape index (κ2) is 7.27. The standard InChI is InChI=1S/C6H12N2O3.C5H10O2/c9-6(5-8(10)11)1-3-7-4-2-6;1-5(2,3)7-4-6/h7,9H,1-5H2;4H,1-3H3. The Morgan fingerprint density at radius 3 is 2.22 bits per heavy atom. The first-order valence-electron chi connectivity index (χ1n) is 5.85. The first-order chi connectivity index (χ1) is 8.18. The van der Waals surface area contributed by atoms with Gasteiger partial charge in [-0.3, -0.25) is 14.9 Å². The first-order valence-corrected chi connectivity index (χ1v) is 5.85. The van der Waals surface area contributed by atoms with Crippen molar-refractivity contribution in [1.82, 2.24) is 5.32 Å². The van der Waals surface area contributed by atoms with Gasteiger partial charge in [0.05, 0.1) is 0 Å². The summed E-state index contributed by atoms with van der Waals surface area (Å²) in [6, 6.07) is 0. The number of nitro groups is 1. The predicted molar refractivity (Wildman–Crippen MR) is 65.8 cm³/mol. The van der Waals surface area contributed by atoms with Gasteiger partial charge in [0.2, 0.25) is 6.54 Å². The molecule has 2 N–H and O–H groups in total. The van der Waals surface area contributed by atoms with Crippen LogP contribution < -0.4 is 5.32 Å². The average molecular weight is 262 g/mol. The van der Waals surface area contributed by atoms with E-state index in [0.29, 0.717) is 32.4 Å².